The van der Waals surface area contributed by atoms with Gasteiger partial charge in [-0.25, -0.2) is 4.79 Å². The molecule has 0 spiro atoms. The molecule has 0 heterocycles. The Bertz CT molecular complexity index is 776. The Morgan fingerprint density at radius 2 is 1.67 bits per heavy atom. The van der Waals surface area contributed by atoms with Crippen molar-refractivity contribution in [2.75, 3.05) is 7.11 Å². The first-order valence-electron chi connectivity index (χ1n) is 9.86. The van der Waals surface area contributed by atoms with Gasteiger partial charge in [0.1, 0.15) is 5.75 Å². The van der Waals surface area contributed by atoms with Gasteiger partial charge in [0.15, 0.2) is 0 Å². The Morgan fingerprint density at radius 3 is 2.17 bits per heavy atom. The minimum atomic E-state index is -0.703. The summed E-state index contributed by atoms with van der Waals surface area (Å²) in [6, 6.07) is 5.98. The fourth-order valence-corrected chi connectivity index (χ4v) is 3.33. The van der Waals surface area contributed by atoms with Crippen LogP contribution in [0.15, 0.2) is 36.4 Å². The van der Waals surface area contributed by atoms with E-state index in [0.29, 0.717) is 12.2 Å². The van der Waals surface area contributed by atoms with Crippen molar-refractivity contribution in [3.05, 3.63) is 42.0 Å². The molecule has 0 aliphatic heterocycles. The molecule has 0 aliphatic carbocycles. The number of benzene rings is 1. The van der Waals surface area contributed by atoms with Gasteiger partial charge in [0, 0.05) is 11.1 Å². The van der Waals surface area contributed by atoms with Crippen molar-refractivity contribution < 1.29 is 23.9 Å². The molecule has 1 atom stereocenters. The zero-order valence-corrected chi connectivity index (χ0v) is 18.8. The summed E-state index contributed by atoms with van der Waals surface area (Å²) in [7, 11) is 1.23. The molecule has 7 heteroatoms. The molecule has 0 fully saturated rings. The highest BCUT2D eigenvalue weighted by Gasteiger charge is 2.28. The molecule has 0 saturated carbocycles. The topological polar surface area (TPSA) is 108 Å². The van der Waals surface area contributed by atoms with E-state index in [1.54, 1.807) is 24.3 Å². The molecule has 0 bridgehead atoms. The van der Waals surface area contributed by atoms with Crippen LogP contribution in [0, 0.1) is 5.41 Å². The highest BCUT2D eigenvalue weighted by atomic mass is 16.5. The molecule has 7 nitrogen and oxygen atoms in total. The van der Waals surface area contributed by atoms with E-state index >= 15 is 0 Å². The minimum absolute atomic E-state index is 0.00231. The number of hydrogen-bond acceptors (Lipinski definition) is 6. The molecule has 1 aromatic carbocycles. The Hall–Kier alpha value is -2.67. The third kappa shape index (κ3) is 9.22. The van der Waals surface area contributed by atoms with Crippen LogP contribution in [-0.4, -0.2) is 36.5 Å². The molecule has 1 unspecified atom stereocenters. The van der Waals surface area contributed by atoms with Crippen molar-refractivity contribution in [3.8, 4) is 5.75 Å². The van der Waals surface area contributed by atoms with Gasteiger partial charge in [0.2, 0.25) is 5.91 Å². The Morgan fingerprint density at radius 1 is 1.10 bits per heavy atom. The lowest BCUT2D eigenvalue weighted by molar-refractivity contribution is -0.141. The van der Waals surface area contributed by atoms with Crippen LogP contribution in [0.1, 0.15) is 53.0 Å². The summed E-state index contributed by atoms with van der Waals surface area (Å²) in [4.78, 5) is 35.6. The van der Waals surface area contributed by atoms with E-state index < -0.39 is 18.0 Å². The van der Waals surface area contributed by atoms with E-state index in [2.05, 4.69) is 37.4 Å². The van der Waals surface area contributed by atoms with Crippen molar-refractivity contribution in [2.45, 2.75) is 65.5 Å². The minimum Gasteiger partial charge on any atom is -0.469 e. The first-order chi connectivity index (χ1) is 13.7. The molecule has 1 aromatic rings. The molecule has 30 heavy (non-hydrogen) atoms. The lowest BCUT2D eigenvalue weighted by Crippen LogP contribution is -2.52. The van der Waals surface area contributed by atoms with Gasteiger partial charge >= 0.3 is 11.9 Å². The molecule has 0 aliphatic rings. The van der Waals surface area contributed by atoms with Crippen LogP contribution in [0.5, 0.6) is 5.75 Å². The summed E-state index contributed by atoms with van der Waals surface area (Å²) in [6.07, 6.45) is 0.934. The summed E-state index contributed by atoms with van der Waals surface area (Å²) in [5, 5.41) is 3.02. The van der Waals surface area contributed by atoms with Crippen LogP contribution in [0.3, 0.4) is 0 Å². The van der Waals surface area contributed by atoms with Crippen LogP contribution in [-0.2, 0) is 25.5 Å². The van der Waals surface area contributed by atoms with Gasteiger partial charge in [-0.15, -0.1) is 0 Å². The van der Waals surface area contributed by atoms with Gasteiger partial charge < -0.3 is 20.5 Å². The zero-order valence-electron chi connectivity index (χ0n) is 18.8. The number of carbonyl (C=O) groups is 3. The maximum absolute atomic E-state index is 12.5. The van der Waals surface area contributed by atoms with E-state index in [0.717, 1.165) is 12.0 Å². The van der Waals surface area contributed by atoms with Gasteiger partial charge in [-0.3, -0.25) is 9.59 Å². The average molecular weight is 419 g/mol. The van der Waals surface area contributed by atoms with Crippen molar-refractivity contribution in [2.24, 2.45) is 11.1 Å². The number of ether oxygens (including phenoxy) is 2. The summed E-state index contributed by atoms with van der Waals surface area (Å²) in [6.45, 7) is 13.9. The molecular formula is C23H34N2O5. The number of rotatable bonds is 9. The number of nitrogens with two attached hydrogens (primary N) is 1. The molecule has 0 aromatic heterocycles. The maximum atomic E-state index is 12.5. The summed E-state index contributed by atoms with van der Waals surface area (Å²) < 4.78 is 9.68. The highest BCUT2D eigenvalue weighted by Crippen LogP contribution is 2.26. The third-order valence-electron chi connectivity index (χ3n) is 4.23. The van der Waals surface area contributed by atoms with Crippen molar-refractivity contribution in [3.63, 3.8) is 0 Å². The number of amides is 1. The smallest absolute Gasteiger partial charge is 0.339 e. The molecule has 3 N–H and O–H groups in total. The number of nitrogens with one attached hydrogen (secondary N) is 1. The zero-order chi connectivity index (χ0) is 23.1. The van der Waals surface area contributed by atoms with Crippen molar-refractivity contribution in [1.29, 1.82) is 0 Å². The fourth-order valence-electron chi connectivity index (χ4n) is 3.33. The summed E-state index contributed by atoms with van der Waals surface area (Å²) >= 11 is 0. The molecular weight excluding hydrogens is 384 g/mol. The van der Waals surface area contributed by atoms with E-state index in [9.17, 15) is 14.4 Å². The van der Waals surface area contributed by atoms with Crippen molar-refractivity contribution in [1.82, 2.24) is 5.32 Å². The number of methoxy groups -OCH3 is 1. The van der Waals surface area contributed by atoms with Crippen molar-refractivity contribution >= 4 is 17.8 Å². The van der Waals surface area contributed by atoms with Crippen LogP contribution in [0.2, 0.25) is 0 Å². The molecule has 0 saturated heterocycles. The van der Waals surface area contributed by atoms with E-state index in [4.69, 9.17) is 10.5 Å². The SMILES string of the molecule is C=C(CC(=O)OC)C(=O)Oc1ccc(CC(N)C(=O)NC(C)(C)CC(C)(C)C)cc1. The van der Waals surface area contributed by atoms with E-state index in [-0.39, 0.29) is 28.9 Å². The van der Waals surface area contributed by atoms with Gasteiger partial charge in [-0.1, -0.05) is 39.5 Å². The van der Waals surface area contributed by atoms with Gasteiger partial charge in [-0.05, 0) is 49.8 Å². The molecule has 0 radical (unpaired) electrons. The molecule has 1 amide bonds. The fraction of sp³-hybridized carbons (Fsp3) is 0.522. The Labute approximate surface area is 179 Å². The predicted octanol–water partition coefficient (Wildman–Crippen LogP) is 2.91. The lowest BCUT2D eigenvalue weighted by atomic mass is 9.81. The summed E-state index contributed by atoms with van der Waals surface area (Å²) in [5.41, 5.74) is 6.64. The normalized spacial score (nSPS) is 12.6. The standard InChI is InChI=1S/C23H34N2O5/c1-15(12-19(26)29-7)21(28)30-17-10-8-16(9-11-17)13-18(24)20(27)25-23(5,6)14-22(2,3)4/h8-11,18H,1,12-14,24H2,2-7H3,(H,25,27). The predicted molar refractivity (Wildman–Crippen MR) is 116 cm³/mol. The third-order valence-corrected chi connectivity index (χ3v) is 4.23. The van der Waals surface area contributed by atoms with Gasteiger partial charge in [-0.2, -0.15) is 0 Å². The Balaban J connectivity index is 2.63. The largest absolute Gasteiger partial charge is 0.469 e. The second-order valence-corrected chi connectivity index (χ2v) is 9.31. The van der Waals surface area contributed by atoms with Gasteiger partial charge in [0.25, 0.3) is 0 Å². The quantitative estimate of drug-likeness (QED) is 0.363. The van der Waals surface area contributed by atoms with Crippen LogP contribution in [0.25, 0.3) is 0 Å². The number of esters is 2. The second-order valence-electron chi connectivity index (χ2n) is 9.31. The average Bonchev–Trinajstić information content (AvgIpc) is 2.60. The van der Waals surface area contributed by atoms with Gasteiger partial charge in [0.05, 0.1) is 19.6 Å². The maximum Gasteiger partial charge on any atom is 0.339 e. The summed E-state index contributed by atoms with van der Waals surface area (Å²) in [5.74, 6) is -1.17. The van der Waals surface area contributed by atoms with E-state index in [1.165, 1.54) is 7.11 Å². The number of hydrogen-bond donors (Lipinski definition) is 2. The molecule has 166 valence electrons. The van der Waals surface area contributed by atoms with E-state index in [1.807, 2.05) is 13.8 Å². The van der Waals surface area contributed by atoms with Crippen LogP contribution >= 0.6 is 0 Å². The number of carbonyl (C=O) groups excluding carboxylic acids is 3. The Kier molecular flexibility index (Phi) is 8.78. The first kappa shape index (κ1) is 25.4. The van der Waals surface area contributed by atoms with Crippen LogP contribution in [0.4, 0.5) is 0 Å². The highest BCUT2D eigenvalue weighted by molar-refractivity contribution is 5.94. The van der Waals surface area contributed by atoms with Crippen LogP contribution < -0.4 is 15.8 Å². The lowest BCUT2D eigenvalue weighted by Gasteiger charge is -2.34. The molecule has 1 rings (SSSR count). The second kappa shape index (κ2) is 10.4. The monoisotopic (exact) mass is 418 g/mol. The first-order valence-corrected chi connectivity index (χ1v) is 9.86.